The second kappa shape index (κ2) is 12.9. The van der Waals surface area contributed by atoms with E-state index in [0.717, 1.165) is 70.2 Å². The zero-order valence-corrected chi connectivity index (χ0v) is 26.3. The number of hydrogen-bond donors (Lipinski definition) is 1. The highest BCUT2D eigenvalue weighted by Gasteiger charge is 2.32. The third-order valence-electron chi connectivity index (χ3n) is 8.67. The molecular weight excluding hydrogens is 584 g/mol. The molecular formula is C36H36N4O4S. The molecule has 8 nitrogen and oxygen atoms in total. The predicted octanol–water partition coefficient (Wildman–Crippen LogP) is 5.79. The Morgan fingerprint density at radius 1 is 0.956 bits per heavy atom. The van der Waals surface area contributed by atoms with Gasteiger partial charge in [-0.1, -0.05) is 36.4 Å². The molecule has 3 aromatic carbocycles. The Hall–Kier alpha value is -4.44. The first-order valence-corrected chi connectivity index (χ1v) is 16.2. The van der Waals surface area contributed by atoms with Crippen LogP contribution in [0.3, 0.4) is 0 Å². The number of carbonyl (C=O) groups excluding carboxylic acids is 1. The lowest BCUT2D eigenvalue weighted by Crippen LogP contribution is -2.43. The Kier molecular flexibility index (Phi) is 8.39. The maximum atomic E-state index is 12.8. The highest BCUT2D eigenvalue weighted by atomic mass is 32.1. The summed E-state index contributed by atoms with van der Waals surface area (Å²) in [7, 11) is 3.37. The predicted molar refractivity (Wildman–Crippen MR) is 176 cm³/mol. The molecule has 1 amide bonds. The molecule has 0 unspecified atom stereocenters. The lowest BCUT2D eigenvalue weighted by molar-refractivity contribution is -0.123. The number of benzene rings is 3. The number of hydrogen-bond acceptors (Lipinski definition) is 7. The number of aromatic nitrogens is 2. The van der Waals surface area contributed by atoms with Crippen molar-refractivity contribution in [3.63, 3.8) is 0 Å². The van der Waals surface area contributed by atoms with Gasteiger partial charge in [0, 0.05) is 48.1 Å². The van der Waals surface area contributed by atoms with E-state index in [1.165, 1.54) is 11.1 Å². The van der Waals surface area contributed by atoms with Crippen LogP contribution in [0.15, 0.2) is 83.6 Å². The highest BCUT2D eigenvalue weighted by Crippen LogP contribution is 2.45. The smallest absolute Gasteiger partial charge is 0.234 e. The van der Waals surface area contributed by atoms with Gasteiger partial charge in [-0.2, -0.15) is 16.4 Å². The SMILES string of the molecule is COc1ccc(C(c2ccc(OC)cc2)n2nc(-c3ccsc3)c3c2-c2cc(CNC(=O)CN4CCOCC4)ccc2C3)cc1. The van der Waals surface area contributed by atoms with Crippen LogP contribution in [-0.4, -0.2) is 67.7 Å². The molecule has 3 heterocycles. The van der Waals surface area contributed by atoms with E-state index in [9.17, 15) is 4.79 Å². The van der Waals surface area contributed by atoms with Crippen molar-refractivity contribution in [2.45, 2.75) is 19.0 Å². The fraction of sp³-hybridized carbons (Fsp3) is 0.278. The van der Waals surface area contributed by atoms with Gasteiger partial charge in [0.05, 0.1) is 45.4 Å². The molecule has 0 bridgehead atoms. The van der Waals surface area contributed by atoms with Crippen molar-refractivity contribution in [3.05, 3.63) is 111 Å². The third kappa shape index (κ3) is 5.99. The first kappa shape index (κ1) is 29.3. The number of ether oxygens (including phenoxy) is 3. The van der Waals surface area contributed by atoms with Crippen LogP contribution in [0.1, 0.15) is 33.9 Å². The molecule has 45 heavy (non-hydrogen) atoms. The van der Waals surface area contributed by atoms with Crippen LogP contribution < -0.4 is 14.8 Å². The molecule has 7 rings (SSSR count). The second-order valence-corrected chi connectivity index (χ2v) is 12.2. The number of fused-ring (bicyclic) bond motifs is 3. The minimum Gasteiger partial charge on any atom is -0.497 e. The maximum Gasteiger partial charge on any atom is 0.234 e. The first-order chi connectivity index (χ1) is 22.1. The van der Waals surface area contributed by atoms with E-state index in [-0.39, 0.29) is 11.9 Å². The van der Waals surface area contributed by atoms with Crippen LogP contribution in [-0.2, 0) is 22.5 Å². The van der Waals surface area contributed by atoms with Crippen molar-refractivity contribution < 1.29 is 19.0 Å². The van der Waals surface area contributed by atoms with Crippen LogP contribution in [0.4, 0.5) is 0 Å². The van der Waals surface area contributed by atoms with Gasteiger partial charge in [-0.25, -0.2) is 0 Å². The molecule has 0 saturated carbocycles. The zero-order chi connectivity index (χ0) is 30.8. The van der Waals surface area contributed by atoms with Crippen LogP contribution >= 0.6 is 11.3 Å². The molecule has 0 spiro atoms. The van der Waals surface area contributed by atoms with Crippen molar-refractivity contribution in [3.8, 4) is 34.0 Å². The highest BCUT2D eigenvalue weighted by molar-refractivity contribution is 7.08. The maximum absolute atomic E-state index is 12.8. The number of rotatable bonds is 10. The van der Waals surface area contributed by atoms with E-state index in [2.05, 4.69) is 74.2 Å². The summed E-state index contributed by atoms with van der Waals surface area (Å²) in [5, 5.41) is 12.8. The zero-order valence-electron chi connectivity index (χ0n) is 25.5. The van der Waals surface area contributed by atoms with E-state index < -0.39 is 0 Å². The summed E-state index contributed by atoms with van der Waals surface area (Å²) < 4.78 is 18.6. The molecule has 230 valence electrons. The summed E-state index contributed by atoms with van der Waals surface area (Å²) in [6.07, 6.45) is 0.803. The van der Waals surface area contributed by atoms with Crippen molar-refractivity contribution in [1.82, 2.24) is 20.0 Å². The Bertz CT molecular complexity index is 1730. The van der Waals surface area contributed by atoms with E-state index in [1.54, 1.807) is 25.6 Å². The molecule has 0 radical (unpaired) electrons. The summed E-state index contributed by atoms with van der Waals surface area (Å²) in [5.74, 6) is 1.65. The van der Waals surface area contributed by atoms with E-state index in [1.807, 2.05) is 24.3 Å². The summed E-state index contributed by atoms with van der Waals surface area (Å²) >= 11 is 1.68. The average molecular weight is 621 g/mol. The van der Waals surface area contributed by atoms with Crippen molar-refractivity contribution in [1.29, 1.82) is 0 Å². The number of carbonyl (C=O) groups is 1. The number of amides is 1. The van der Waals surface area contributed by atoms with E-state index in [0.29, 0.717) is 26.3 Å². The standard InChI is InChI=1S/C36H36N4O4S/c1-42-29-9-5-25(6-10-29)35(26-7-11-30(43-2)12-8-26)40-36-31-19-24(21-37-33(41)22-39-14-16-44-17-15-39)3-4-27(31)20-32(36)34(38-40)28-13-18-45-23-28/h3-13,18-19,23,35H,14-17,20-22H2,1-2H3,(H,37,41). The van der Waals surface area contributed by atoms with Crippen LogP contribution in [0.5, 0.6) is 11.5 Å². The summed E-state index contributed by atoms with van der Waals surface area (Å²) in [6.45, 7) is 3.79. The van der Waals surface area contributed by atoms with Gasteiger partial charge in [-0.3, -0.25) is 14.4 Å². The van der Waals surface area contributed by atoms with Gasteiger partial charge in [-0.15, -0.1) is 0 Å². The monoisotopic (exact) mass is 620 g/mol. The fourth-order valence-corrected chi connectivity index (χ4v) is 6.95. The van der Waals surface area contributed by atoms with Gasteiger partial charge in [0.15, 0.2) is 0 Å². The normalized spacial score (nSPS) is 14.3. The van der Waals surface area contributed by atoms with Gasteiger partial charge in [0.2, 0.25) is 5.91 Å². The van der Waals surface area contributed by atoms with Crippen molar-refractivity contribution in [2.24, 2.45) is 0 Å². The first-order valence-electron chi connectivity index (χ1n) is 15.2. The number of nitrogens with one attached hydrogen (secondary N) is 1. The molecule has 1 aliphatic heterocycles. The minimum absolute atomic E-state index is 0.0296. The Morgan fingerprint density at radius 3 is 2.27 bits per heavy atom. The molecule has 9 heteroatoms. The molecule has 1 aliphatic carbocycles. The van der Waals surface area contributed by atoms with Crippen LogP contribution in [0.2, 0.25) is 0 Å². The van der Waals surface area contributed by atoms with E-state index >= 15 is 0 Å². The lowest BCUT2D eigenvalue weighted by Gasteiger charge is -2.25. The summed E-state index contributed by atoms with van der Waals surface area (Å²) in [4.78, 5) is 14.9. The van der Waals surface area contributed by atoms with E-state index in [4.69, 9.17) is 19.3 Å². The minimum atomic E-state index is -0.189. The van der Waals surface area contributed by atoms with Gasteiger partial charge in [0.1, 0.15) is 17.5 Å². The molecule has 5 aromatic rings. The number of thiophene rings is 1. The topological polar surface area (TPSA) is 77.8 Å². The molecule has 1 saturated heterocycles. The quantitative estimate of drug-likeness (QED) is 0.209. The Labute approximate surface area is 267 Å². The largest absolute Gasteiger partial charge is 0.497 e. The number of morpholine rings is 1. The number of methoxy groups -OCH3 is 2. The third-order valence-corrected chi connectivity index (χ3v) is 9.35. The van der Waals surface area contributed by atoms with Gasteiger partial charge >= 0.3 is 0 Å². The summed E-state index contributed by atoms with van der Waals surface area (Å²) in [6, 6.07) is 25.0. The molecule has 1 fully saturated rings. The van der Waals surface area contributed by atoms with Gasteiger partial charge in [-0.05, 0) is 64.0 Å². The Morgan fingerprint density at radius 2 is 1.64 bits per heavy atom. The van der Waals surface area contributed by atoms with Gasteiger partial charge in [0.25, 0.3) is 0 Å². The molecule has 2 aliphatic rings. The Balaban J connectivity index is 1.28. The van der Waals surface area contributed by atoms with Crippen LogP contribution in [0, 0.1) is 0 Å². The lowest BCUT2D eigenvalue weighted by atomic mass is 9.97. The second-order valence-electron chi connectivity index (χ2n) is 11.4. The summed E-state index contributed by atoms with van der Waals surface area (Å²) in [5.41, 5.74) is 10.2. The van der Waals surface area contributed by atoms with Crippen LogP contribution in [0.25, 0.3) is 22.5 Å². The molecule has 0 atom stereocenters. The fourth-order valence-electron chi connectivity index (χ4n) is 6.30. The van der Waals surface area contributed by atoms with Crippen molar-refractivity contribution in [2.75, 3.05) is 47.1 Å². The molecule has 2 aromatic heterocycles. The number of nitrogens with zero attached hydrogens (tertiary/aromatic N) is 3. The average Bonchev–Trinajstić information content (AvgIpc) is 3.83. The van der Waals surface area contributed by atoms with Crippen molar-refractivity contribution >= 4 is 17.2 Å². The molecule has 1 N–H and O–H groups in total. The van der Waals surface area contributed by atoms with Gasteiger partial charge < -0.3 is 19.5 Å².